The first-order valence-corrected chi connectivity index (χ1v) is 9.58. The highest BCUT2D eigenvalue weighted by atomic mass is 16.5. The van der Waals surface area contributed by atoms with Gasteiger partial charge >= 0.3 is 0 Å². The molecular formula is C21H30N4O2. The lowest BCUT2D eigenvalue weighted by atomic mass is 9.78. The molecule has 2 aliphatic rings. The normalized spacial score (nSPS) is 20.6. The fourth-order valence-corrected chi connectivity index (χ4v) is 3.97. The first-order chi connectivity index (χ1) is 13.0. The van der Waals surface area contributed by atoms with Gasteiger partial charge in [0.25, 0.3) is 0 Å². The predicted molar refractivity (Wildman–Crippen MR) is 108 cm³/mol. The molecule has 2 N–H and O–H groups in total. The van der Waals surface area contributed by atoms with Gasteiger partial charge in [0, 0.05) is 26.7 Å². The van der Waals surface area contributed by atoms with E-state index in [2.05, 4.69) is 22.9 Å². The lowest BCUT2D eigenvalue weighted by molar-refractivity contribution is -0.114. The van der Waals surface area contributed by atoms with E-state index >= 15 is 0 Å². The van der Waals surface area contributed by atoms with Crippen LogP contribution in [0.5, 0.6) is 0 Å². The van der Waals surface area contributed by atoms with Gasteiger partial charge < -0.3 is 15.4 Å². The summed E-state index contributed by atoms with van der Waals surface area (Å²) in [5.74, 6) is 1.06. The number of hydrogen-bond donors (Lipinski definition) is 1. The van der Waals surface area contributed by atoms with Crippen LogP contribution < -0.4 is 5.73 Å². The maximum absolute atomic E-state index is 11.5. The highest BCUT2D eigenvalue weighted by Crippen LogP contribution is 2.39. The minimum Gasteiger partial charge on any atom is -0.383 e. The van der Waals surface area contributed by atoms with E-state index in [0.29, 0.717) is 17.2 Å². The molecule has 2 aliphatic heterocycles. The van der Waals surface area contributed by atoms with Crippen molar-refractivity contribution in [1.29, 1.82) is 0 Å². The van der Waals surface area contributed by atoms with Crippen LogP contribution in [0.15, 0.2) is 35.1 Å². The third-order valence-electron chi connectivity index (χ3n) is 5.92. The molecule has 1 aromatic rings. The number of guanidine groups is 1. The summed E-state index contributed by atoms with van der Waals surface area (Å²) in [5, 5.41) is 0. The van der Waals surface area contributed by atoms with E-state index in [9.17, 15) is 4.79 Å². The number of allylic oxidation sites excluding steroid dienone is 1. The molecule has 0 bridgehead atoms. The van der Waals surface area contributed by atoms with E-state index in [-0.39, 0.29) is 0 Å². The molecule has 6 heteroatoms. The van der Waals surface area contributed by atoms with Crippen LogP contribution in [-0.4, -0.2) is 55.5 Å². The quantitative estimate of drug-likeness (QED) is 0.504. The van der Waals surface area contributed by atoms with Gasteiger partial charge in [-0.3, -0.25) is 9.69 Å². The molecule has 0 aliphatic carbocycles. The van der Waals surface area contributed by atoms with Gasteiger partial charge in [0.15, 0.2) is 0 Å². The Kier molecular flexibility index (Phi) is 5.85. The number of carbonyl (C=O) groups excluding carboxylic acids is 1. The van der Waals surface area contributed by atoms with Crippen molar-refractivity contribution >= 4 is 17.9 Å². The fourth-order valence-electron chi connectivity index (χ4n) is 3.97. The highest BCUT2D eigenvalue weighted by molar-refractivity contribution is 5.90. The van der Waals surface area contributed by atoms with Crippen LogP contribution in [-0.2, 0) is 9.53 Å². The molecule has 0 unspecified atom stereocenters. The van der Waals surface area contributed by atoms with Crippen molar-refractivity contribution in [2.75, 3.05) is 33.4 Å². The molecule has 27 heavy (non-hydrogen) atoms. The van der Waals surface area contributed by atoms with Crippen molar-refractivity contribution in [3.8, 4) is 0 Å². The van der Waals surface area contributed by atoms with Crippen LogP contribution in [0.4, 0.5) is 0 Å². The molecule has 0 radical (unpaired) electrons. The fraction of sp³-hybridized carbons (Fsp3) is 0.524. The number of nitrogens with zero attached hydrogens (tertiary/aromatic N) is 3. The smallest absolute Gasteiger partial charge is 0.216 e. The van der Waals surface area contributed by atoms with Crippen molar-refractivity contribution in [3.05, 3.63) is 41.2 Å². The standard InChI is InChI=1S/C21H30N4O2/c1-16-6-4-5-7-18(16)17(2)19(22)23-20(24(3)15-26)25-11-8-21(9-12-25)10-13-27-14-21/h4-7,15H,8-14,22H2,1-3H3/b19-17+,23-20+. The van der Waals surface area contributed by atoms with E-state index < -0.39 is 0 Å². The molecule has 146 valence electrons. The molecule has 0 atom stereocenters. The van der Waals surface area contributed by atoms with E-state index in [1.165, 1.54) is 4.90 Å². The third kappa shape index (κ3) is 4.16. The van der Waals surface area contributed by atoms with Crippen LogP contribution in [0.1, 0.15) is 37.3 Å². The molecule has 3 rings (SSSR count). The number of benzene rings is 1. The molecule has 1 aromatic carbocycles. The summed E-state index contributed by atoms with van der Waals surface area (Å²) in [6.07, 6.45) is 4.03. The Morgan fingerprint density at radius 1 is 1.30 bits per heavy atom. The number of carbonyl (C=O) groups is 1. The summed E-state index contributed by atoms with van der Waals surface area (Å²) in [7, 11) is 1.73. The van der Waals surface area contributed by atoms with Crippen LogP contribution >= 0.6 is 0 Å². The molecule has 2 heterocycles. The molecule has 6 nitrogen and oxygen atoms in total. The van der Waals surface area contributed by atoms with Crippen LogP contribution in [0.3, 0.4) is 0 Å². The molecule has 0 aromatic heterocycles. The second kappa shape index (κ2) is 8.13. The van der Waals surface area contributed by atoms with Gasteiger partial charge in [-0.15, -0.1) is 0 Å². The maximum Gasteiger partial charge on any atom is 0.216 e. The van der Waals surface area contributed by atoms with Crippen molar-refractivity contribution in [2.45, 2.75) is 33.1 Å². The maximum atomic E-state index is 11.5. The number of amides is 1. The van der Waals surface area contributed by atoms with Gasteiger partial charge in [-0.2, -0.15) is 4.99 Å². The third-order valence-corrected chi connectivity index (χ3v) is 5.92. The molecule has 2 fully saturated rings. The number of aliphatic imine (C=N–C) groups is 1. The van der Waals surface area contributed by atoms with Crippen LogP contribution in [0.2, 0.25) is 0 Å². The van der Waals surface area contributed by atoms with E-state index in [1.807, 2.05) is 25.1 Å². The first-order valence-electron chi connectivity index (χ1n) is 9.58. The molecule has 0 saturated carbocycles. The summed E-state index contributed by atoms with van der Waals surface area (Å²) in [6.45, 7) is 7.46. The summed E-state index contributed by atoms with van der Waals surface area (Å²) < 4.78 is 5.62. The largest absolute Gasteiger partial charge is 0.383 e. The number of piperidine rings is 1. The number of ether oxygens (including phenoxy) is 1. The zero-order valence-corrected chi connectivity index (χ0v) is 16.6. The monoisotopic (exact) mass is 370 g/mol. The average Bonchev–Trinajstić information content (AvgIpc) is 3.14. The lowest BCUT2D eigenvalue weighted by Gasteiger charge is -2.40. The van der Waals surface area contributed by atoms with Crippen molar-refractivity contribution in [3.63, 3.8) is 0 Å². The molecule has 1 spiro atoms. The number of likely N-dealkylation sites (tertiary alicyclic amines) is 1. The Balaban J connectivity index is 1.85. The number of aryl methyl sites for hydroxylation is 1. The van der Waals surface area contributed by atoms with Crippen molar-refractivity contribution in [1.82, 2.24) is 9.80 Å². The van der Waals surface area contributed by atoms with Crippen LogP contribution in [0.25, 0.3) is 5.57 Å². The topological polar surface area (TPSA) is 71.2 Å². The summed E-state index contributed by atoms with van der Waals surface area (Å²) in [5.41, 5.74) is 9.79. The summed E-state index contributed by atoms with van der Waals surface area (Å²) in [6, 6.07) is 8.10. The second-order valence-electron chi connectivity index (χ2n) is 7.74. The van der Waals surface area contributed by atoms with Gasteiger partial charge in [-0.1, -0.05) is 24.3 Å². The average molecular weight is 370 g/mol. The molecular weight excluding hydrogens is 340 g/mol. The Hall–Kier alpha value is -2.34. The number of hydrogen-bond acceptors (Lipinski definition) is 4. The van der Waals surface area contributed by atoms with Crippen molar-refractivity contribution < 1.29 is 9.53 Å². The summed E-state index contributed by atoms with van der Waals surface area (Å²) in [4.78, 5) is 19.8. The first kappa shape index (κ1) is 19.4. The van der Waals surface area contributed by atoms with Crippen molar-refractivity contribution in [2.24, 2.45) is 16.1 Å². The lowest BCUT2D eigenvalue weighted by Crippen LogP contribution is -2.48. The minimum atomic E-state index is 0.305. The Morgan fingerprint density at radius 2 is 2.00 bits per heavy atom. The zero-order chi connectivity index (χ0) is 19.4. The molecule has 1 amide bonds. The Morgan fingerprint density at radius 3 is 2.59 bits per heavy atom. The van der Waals surface area contributed by atoms with E-state index in [1.54, 1.807) is 7.05 Å². The van der Waals surface area contributed by atoms with Gasteiger partial charge in [-0.25, -0.2) is 0 Å². The van der Waals surface area contributed by atoms with Gasteiger partial charge in [-0.05, 0) is 55.2 Å². The number of rotatable bonds is 3. The van der Waals surface area contributed by atoms with E-state index in [4.69, 9.17) is 10.5 Å². The van der Waals surface area contributed by atoms with Crippen LogP contribution in [0, 0.1) is 12.3 Å². The molecule has 2 saturated heterocycles. The van der Waals surface area contributed by atoms with Gasteiger partial charge in [0.2, 0.25) is 12.4 Å². The highest BCUT2D eigenvalue weighted by Gasteiger charge is 2.39. The van der Waals surface area contributed by atoms with Gasteiger partial charge in [0.1, 0.15) is 5.82 Å². The summed E-state index contributed by atoms with van der Waals surface area (Å²) >= 11 is 0. The SMILES string of the molecule is C/C(=C(N)\N=C(/N(C)C=O)N1CCC2(CCOC2)CC1)c1ccccc1C. The second-order valence-corrected chi connectivity index (χ2v) is 7.74. The number of nitrogens with two attached hydrogens (primary N) is 1. The minimum absolute atomic E-state index is 0.305. The predicted octanol–water partition coefficient (Wildman–Crippen LogP) is 2.59. The zero-order valence-electron chi connectivity index (χ0n) is 16.6. The Bertz CT molecular complexity index is 740. The van der Waals surface area contributed by atoms with E-state index in [0.717, 1.165) is 68.7 Å². The Labute approximate surface area is 161 Å². The van der Waals surface area contributed by atoms with Gasteiger partial charge in [0.05, 0.1) is 6.61 Å².